The van der Waals surface area contributed by atoms with Crippen LogP contribution in [-0.4, -0.2) is 41.5 Å². The number of benzene rings is 2. The molecule has 0 heterocycles. The Kier molecular flexibility index (Phi) is 8.72. The Morgan fingerprint density at radius 2 is 1.68 bits per heavy atom. The number of carbonyl (C=O) groups excluding carboxylic acids is 3. The van der Waals surface area contributed by atoms with Crippen molar-refractivity contribution in [3.8, 4) is 0 Å². The second-order valence-electron chi connectivity index (χ2n) is 9.50. The molecule has 0 fully saturated rings. The lowest BCUT2D eigenvalue weighted by atomic mass is 9.96. The number of carbonyl (C=O) groups is 3. The summed E-state index contributed by atoms with van der Waals surface area (Å²) in [4.78, 5) is 40.4. The Bertz CT molecular complexity index is 1060. The number of nitrogens with one attached hydrogen (secondary N) is 2. The lowest BCUT2D eigenvalue weighted by Crippen LogP contribution is -2.49. The molecule has 0 aliphatic rings. The van der Waals surface area contributed by atoms with Gasteiger partial charge in [0.15, 0.2) is 0 Å². The molecule has 0 bridgehead atoms. The number of anilines is 1. The van der Waals surface area contributed by atoms with E-state index in [0.717, 1.165) is 16.7 Å². The number of likely N-dealkylation sites (N-methyl/N-ethyl adjacent to an activating group) is 1. The van der Waals surface area contributed by atoms with Crippen molar-refractivity contribution >= 4 is 35.2 Å². The van der Waals surface area contributed by atoms with Gasteiger partial charge in [0.05, 0.1) is 10.7 Å². The van der Waals surface area contributed by atoms with Gasteiger partial charge in [0.2, 0.25) is 5.91 Å². The van der Waals surface area contributed by atoms with Crippen molar-refractivity contribution in [3.05, 3.63) is 63.7 Å². The van der Waals surface area contributed by atoms with Crippen molar-refractivity contribution in [2.45, 2.75) is 66.2 Å². The zero-order valence-electron chi connectivity index (χ0n) is 21.1. The van der Waals surface area contributed by atoms with Gasteiger partial charge in [-0.15, -0.1) is 0 Å². The molecule has 2 unspecified atom stereocenters. The van der Waals surface area contributed by atoms with Crippen molar-refractivity contribution in [3.63, 3.8) is 0 Å². The fraction of sp³-hybridized carbons (Fsp3) is 0.423. The van der Waals surface area contributed by atoms with Gasteiger partial charge in [-0.1, -0.05) is 47.5 Å². The van der Waals surface area contributed by atoms with Crippen LogP contribution in [0.25, 0.3) is 0 Å². The fourth-order valence-electron chi connectivity index (χ4n) is 3.54. The molecule has 7 nitrogen and oxygen atoms in total. The third-order valence-electron chi connectivity index (χ3n) is 5.29. The highest BCUT2D eigenvalue weighted by Crippen LogP contribution is 2.30. The average Bonchev–Trinajstić information content (AvgIpc) is 2.71. The van der Waals surface area contributed by atoms with E-state index in [2.05, 4.69) is 10.6 Å². The molecular weight excluding hydrogens is 454 g/mol. The number of alkyl carbamates (subject to hydrolysis) is 1. The number of aryl methyl sites for hydroxylation is 3. The Balaban J connectivity index is 2.39. The van der Waals surface area contributed by atoms with Crippen molar-refractivity contribution in [2.24, 2.45) is 0 Å². The number of hydrogen-bond donors (Lipinski definition) is 2. The molecule has 3 amide bonds. The van der Waals surface area contributed by atoms with E-state index in [1.807, 2.05) is 45.0 Å². The summed E-state index contributed by atoms with van der Waals surface area (Å²) in [6, 6.07) is 9.21. The maximum Gasteiger partial charge on any atom is 0.408 e. The van der Waals surface area contributed by atoms with Gasteiger partial charge >= 0.3 is 6.09 Å². The van der Waals surface area contributed by atoms with E-state index in [-0.39, 0.29) is 0 Å². The summed E-state index contributed by atoms with van der Waals surface area (Å²) >= 11 is 6.33. The summed E-state index contributed by atoms with van der Waals surface area (Å²) in [5.74, 6) is -0.854. The molecule has 0 aliphatic heterocycles. The van der Waals surface area contributed by atoms with Crippen molar-refractivity contribution in [1.29, 1.82) is 0 Å². The van der Waals surface area contributed by atoms with E-state index in [0.29, 0.717) is 16.3 Å². The van der Waals surface area contributed by atoms with Crippen LogP contribution < -0.4 is 10.6 Å². The molecule has 34 heavy (non-hydrogen) atoms. The van der Waals surface area contributed by atoms with E-state index >= 15 is 0 Å². The van der Waals surface area contributed by atoms with Crippen LogP contribution >= 0.6 is 11.6 Å². The monoisotopic (exact) mass is 487 g/mol. The van der Waals surface area contributed by atoms with Gasteiger partial charge in [-0.2, -0.15) is 0 Å². The standard InChI is InChI=1S/C26H34ClN3O4/c1-15-12-13-16(2)19(14-15)22(23(31)29-21-17(3)10-9-11-20(21)27)30(8)24(32)18(4)28-25(33)34-26(5,6)7/h9-14,18,22H,1-8H3,(H,28,33)(H,29,31). The molecule has 2 N–H and O–H groups in total. The van der Waals surface area contributed by atoms with Crippen LogP contribution in [0.15, 0.2) is 36.4 Å². The van der Waals surface area contributed by atoms with Gasteiger partial charge in [-0.25, -0.2) is 4.79 Å². The summed E-state index contributed by atoms with van der Waals surface area (Å²) in [6.45, 7) is 12.4. The van der Waals surface area contributed by atoms with Crippen LogP contribution in [0.4, 0.5) is 10.5 Å². The number of nitrogens with zero attached hydrogens (tertiary/aromatic N) is 1. The minimum absolute atomic E-state index is 0.405. The first-order chi connectivity index (χ1) is 15.7. The zero-order valence-corrected chi connectivity index (χ0v) is 21.8. The van der Waals surface area contributed by atoms with Crippen LogP contribution in [0.5, 0.6) is 0 Å². The zero-order chi connectivity index (χ0) is 25.8. The quantitative estimate of drug-likeness (QED) is 0.577. The molecule has 8 heteroatoms. The summed E-state index contributed by atoms with van der Waals surface area (Å²) in [6.07, 6.45) is -0.707. The van der Waals surface area contributed by atoms with Gasteiger partial charge in [-0.3, -0.25) is 9.59 Å². The second-order valence-corrected chi connectivity index (χ2v) is 9.91. The maximum absolute atomic E-state index is 13.6. The molecule has 2 rings (SSSR count). The fourth-order valence-corrected chi connectivity index (χ4v) is 3.81. The van der Waals surface area contributed by atoms with Crippen LogP contribution in [0.2, 0.25) is 5.02 Å². The van der Waals surface area contributed by atoms with Gasteiger partial charge in [0, 0.05) is 7.05 Å². The van der Waals surface area contributed by atoms with Crippen molar-refractivity contribution < 1.29 is 19.1 Å². The van der Waals surface area contributed by atoms with E-state index in [4.69, 9.17) is 16.3 Å². The second kappa shape index (κ2) is 10.9. The molecule has 0 radical (unpaired) electrons. The smallest absolute Gasteiger partial charge is 0.408 e. The number of halogens is 1. The van der Waals surface area contributed by atoms with Gasteiger partial charge in [0.1, 0.15) is 17.7 Å². The van der Waals surface area contributed by atoms with E-state index in [1.54, 1.807) is 46.9 Å². The molecule has 2 aromatic carbocycles. The molecule has 0 aliphatic carbocycles. The molecule has 2 aromatic rings. The number of rotatable bonds is 6. The van der Waals surface area contributed by atoms with Gasteiger partial charge in [-0.05, 0) is 71.2 Å². The number of hydrogen-bond acceptors (Lipinski definition) is 4. The van der Waals surface area contributed by atoms with Crippen LogP contribution in [0.3, 0.4) is 0 Å². The molecule has 0 saturated heterocycles. The Morgan fingerprint density at radius 3 is 2.26 bits per heavy atom. The minimum Gasteiger partial charge on any atom is -0.444 e. The molecule has 2 atom stereocenters. The lowest BCUT2D eigenvalue weighted by molar-refractivity contribution is -0.138. The van der Waals surface area contributed by atoms with Crippen molar-refractivity contribution in [2.75, 3.05) is 12.4 Å². The highest BCUT2D eigenvalue weighted by atomic mass is 35.5. The van der Waals surface area contributed by atoms with Gasteiger partial charge in [0.25, 0.3) is 5.91 Å². The van der Waals surface area contributed by atoms with Gasteiger partial charge < -0.3 is 20.3 Å². The molecule has 0 spiro atoms. The molecule has 184 valence electrons. The largest absolute Gasteiger partial charge is 0.444 e. The Morgan fingerprint density at radius 1 is 1.03 bits per heavy atom. The predicted octanol–water partition coefficient (Wildman–Crippen LogP) is 5.32. The summed E-state index contributed by atoms with van der Waals surface area (Å²) in [7, 11) is 1.54. The highest BCUT2D eigenvalue weighted by Gasteiger charge is 2.33. The SMILES string of the molecule is Cc1ccc(C)c(C(C(=O)Nc2c(C)cccc2Cl)N(C)C(=O)C(C)NC(=O)OC(C)(C)C)c1. The average molecular weight is 488 g/mol. The number of amides is 3. The molecule has 0 aromatic heterocycles. The molecule has 0 saturated carbocycles. The Labute approximate surface area is 206 Å². The third kappa shape index (κ3) is 6.97. The lowest BCUT2D eigenvalue weighted by Gasteiger charge is -2.31. The molecular formula is C26H34ClN3O4. The van der Waals surface area contributed by atoms with Crippen LogP contribution in [-0.2, 0) is 14.3 Å². The maximum atomic E-state index is 13.6. The van der Waals surface area contributed by atoms with Crippen LogP contribution in [0, 0.1) is 20.8 Å². The number of para-hydroxylation sites is 1. The van der Waals surface area contributed by atoms with E-state index in [9.17, 15) is 14.4 Å². The summed E-state index contributed by atoms with van der Waals surface area (Å²) in [5, 5.41) is 5.85. The summed E-state index contributed by atoms with van der Waals surface area (Å²) in [5.41, 5.74) is 3.08. The highest BCUT2D eigenvalue weighted by molar-refractivity contribution is 6.34. The topological polar surface area (TPSA) is 87.7 Å². The normalized spacial score (nSPS) is 13.0. The van der Waals surface area contributed by atoms with E-state index in [1.165, 1.54) is 4.90 Å². The van der Waals surface area contributed by atoms with Crippen molar-refractivity contribution in [1.82, 2.24) is 10.2 Å². The first-order valence-electron chi connectivity index (χ1n) is 11.1. The predicted molar refractivity (Wildman–Crippen MR) is 135 cm³/mol. The number of ether oxygens (including phenoxy) is 1. The third-order valence-corrected chi connectivity index (χ3v) is 5.60. The summed E-state index contributed by atoms with van der Waals surface area (Å²) < 4.78 is 5.26. The minimum atomic E-state index is -0.953. The first kappa shape index (κ1) is 27.2. The van der Waals surface area contributed by atoms with E-state index < -0.39 is 35.6 Å². The first-order valence-corrected chi connectivity index (χ1v) is 11.5. The van der Waals surface area contributed by atoms with Crippen LogP contribution in [0.1, 0.15) is 56.0 Å². The Hall–Kier alpha value is -3.06.